The van der Waals surface area contributed by atoms with E-state index in [9.17, 15) is 4.39 Å². The Kier molecular flexibility index (Phi) is 3.65. The molecule has 0 saturated heterocycles. The van der Waals surface area contributed by atoms with Gasteiger partial charge in [-0.1, -0.05) is 29.3 Å². The molecule has 1 aromatic rings. The van der Waals surface area contributed by atoms with Crippen LogP contribution in [0.3, 0.4) is 0 Å². The molecule has 0 atom stereocenters. The van der Waals surface area contributed by atoms with Gasteiger partial charge in [-0.05, 0) is 42.0 Å². The van der Waals surface area contributed by atoms with Crippen molar-refractivity contribution in [3.8, 4) is 0 Å². The van der Waals surface area contributed by atoms with Crippen molar-refractivity contribution in [3.05, 3.63) is 34.1 Å². The summed E-state index contributed by atoms with van der Waals surface area (Å²) >= 11 is 3.30. The molecule has 1 fully saturated rings. The molecular weight excluding hydrogens is 269 g/mol. The van der Waals surface area contributed by atoms with Gasteiger partial charge in [-0.15, -0.1) is 0 Å². The van der Waals surface area contributed by atoms with Crippen LogP contribution in [0.25, 0.3) is 0 Å². The normalized spacial score (nSPS) is 18.2. The number of hydrogen-bond acceptors (Lipinski definition) is 1. The Bertz CT molecular complexity index is 354. The predicted octanol–water partition coefficient (Wildman–Crippen LogP) is 3.87. The lowest BCUT2D eigenvalue weighted by atomic mass is 9.70. The van der Waals surface area contributed by atoms with Crippen molar-refractivity contribution < 1.29 is 4.39 Å². The van der Waals surface area contributed by atoms with Crippen molar-refractivity contribution in [2.24, 2.45) is 5.41 Å². The molecular formula is C13H17BrFN. The Morgan fingerprint density at radius 3 is 2.69 bits per heavy atom. The van der Waals surface area contributed by atoms with Gasteiger partial charge in [0, 0.05) is 17.6 Å². The number of hydrogen-bond donors (Lipinski definition) is 1. The van der Waals surface area contributed by atoms with E-state index >= 15 is 0 Å². The lowest BCUT2D eigenvalue weighted by Crippen LogP contribution is -2.36. The van der Waals surface area contributed by atoms with Gasteiger partial charge < -0.3 is 5.32 Å². The molecule has 1 aliphatic rings. The standard InChI is InChI=1S/C13H17BrFN/c1-13(3-2-4-13)9-16-8-10-5-11(14)7-12(15)6-10/h5-7,16H,2-4,8-9H2,1H3. The van der Waals surface area contributed by atoms with E-state index in [1.807, 2.05) is 6.07 Å². The maximum absolute atomic E-state index is 13.1. The summed E-state index contributed by atoms with van der Waals surface area (Å²) in [4.78, 5) is 0. The van der Waals surface area contributed by atoms with Crippen molar-refractivity contribution in [3.63, 3.8) is 0 Å². The van der Waals surface area contributed by atoms with Gasteiger partial charge >= 0.3 is 0 Å². The highest BCUT2D eigenvalue weighted by Crippen LogP contribution is 2.39. The first kappa shape index (κ1) is 12.1. The van der Waals surface area contributed by atoms with Crippen molar-refractivity contribution in [2.75, 3.05) is 6.54 Å². The third-order valence-electron chi connectivity index (χ3n) is 3.36. The maximum Gasteiger partial charge on any atom is 0.124 e. The van der Waals surface area contributed by atoms with Gasteiger partial charge in [-0.25, -0.2) is 4.39 Å². The van der Waals surface area contributed by atoms with Crippen LogP contribution in [0.4, 0.5) is 4.39 Å². The Morgan fingerprint density at radius 2 is 2.12 bits per heavy atom. The molecule has 1 saturated carbocycles. The molecule has 0 bridgehead atoms. The molecule has 1 N–H and O–H groups in total. The van der Waals surface area contributed by atoms with Crippen LogP contribution in [-0.4, -0.2) is 6.54 Å². The van der Waals surface area contributed by atoms with E-state index in [-0.39, 0.29) is 5.82 Å². The molecule has 1 nitrogen and oxygen atoms in total. The van der Waals surface area contributed by atoms with Crippen LogP contribution >= 0.6 is 15.9 Å². The smallest absolute Gasteiger partial charge is 0.124 e. The minimum absolute atomic E-state index is 0.180. The number of nitrogens with one attached hydrogen (secondary N) is 1. The zero-order valence-corrected chi connectivity index (χ0v) is 11.1. The third-order valence-corrected chi connectivity index (χ3v) is 3.82. The summed E-state index contributed by atoms with van der Waals surface area (Å²) in [5.74, 6) is -0.180. The summed E-state index contributed by atoms with van der Waals surface area (Å²) < 4.78 is 13.9. The quantitative estimate of drug-likeness (QED) is 0.886. The van der Waals surface area contributed by atoms with Crippen LogP contribution in [0.2, 0.25) is 0 Å². The monoisotopic (exact) mass is 285 g/mol. The van der Waals surface area contributed by atoms with E-state index in [1.165, 1.54) is 25.3 Å². The van der Waals surface area contributed by atoms with Gasteiger partial charge in [0.25, 0.3) is 0 Å². The topological polar surface area (TPSA) is 12.0 Å². The van der Waals surface area contributed by atoms with E-state index < -0.39 is 0 Å². The van der Waals surface area contributed by atoms with E-state index in [2.05, 4.69) is 28.2 Å². The summed E-state index contributed by atoms with van der Waals surface area (Å²) in [5.41, 5.74) is 1.47. The number of rotatable bonds is 4. The van der Waals surface area contributed by atoms with E-state index in [4.69, 9.17) is 0 Å². The van der Waals surface area contributed by atoms with Crippen LogP contribution in [0.1, 0.15) is 31.7 Å². The lowest BCUT2D eigenvalue weighted by Gasteiger charge is -2.38. The van der Waals surface area contributed by atoms with Crippen LogP contribution in [0.5, 0.6) is 0 Å². The summed E-state index contributed by atoms with van der Waals surface area (Å²) in [6.45, 7) is 4.08. The average molecular weight is 286 g/mol. The van der Waals surface area contributed by atoms with Crippen LogP contribution in [0.15, 0.2) is 22.7 Å². The molecule has 0 spiro atoms. The fourth-order valence-corrected chi connectivity index (χ4v) is 2.69. The fourth-order valence-electron chi connectivity index (χ4n) is 2.18. The second-order valence-corrected chi connectivity index (χ2v) is 5.96. The minimum Gasteiger partial charge on any atom is -0.312 e. The highest BCUT2D eigenvalue weighted by Gasteiger charge is 2.30. The number of halogens is 2. The summed E-state index contributed by atoms with van der Waals surface area (Å²) in [7, 11) is 0. The first-order chi connectivity index (χ1) is 7.57. The molecule has 1 aromatic carbocycles. The molecule has 16 heavy (non-hydrogen) atoms. The van der Waals surface area contributed by atoms with Crippen LogP contribution < -0.4 is 5.32 Å². The second kappa shape index (κ2) is 4.84. The van der Waals surface area contributed by atoms with Crippen molar-refractivity contribution in [2.45, 2.75) is 32.7 Å². The summed E-state index contributed by atoms with van der Waals surface area (Å²) in [6, 6.07) is 5.02. The van der Waals surface area contributed by atoms with Gasteiger partial charge in [0.2, 0.25) is 0 Å². The average Bonchev–Trinajstić information content (AvgIpc) is 2.13. The Hall–Kier alpha value is -0.410. The fraction of sp³-hybridized carbons (Fsp3) is 0.538. The molecule has 0 unspecified atom stereocenters. The number of benzene rings is 1. The van der Waals surface area contributed by atoms with Crippen molar-refractivity contribution in [1.29, 1.82) is 0 Å². The van der Waals surface area contributed by atoms with Gasteiger partial charge in [-0.2, -0.15) is 0 Å². The molecule has 1 aliphatic carbocycles. The largest absolute Gasteiger partial charge is 0.312 e. The van der Waals surface area contributed by atoms with Crippen LogP contribution in [0, 0.1) is 11.2 Å². The van der Waals surface area contributed by atoms with Gasteiger partial charge in [0.1, 0.15) is 5.82 Å². The molecule has 0 amide bonds. The highest BCUT2D eigenvalue weighted by atomic mass is 79.9. The minimum atomic E-state index is -0.180. The van der Waals surface area contributed by atoms with E-state index in [0.717, 1.165) is 23.1 Å². The Balaban J connectivity index is 1.84. The first-order valence-corrected chi connectivity index (χ1v) is 6.52. The summed E-state index contributed by atoms with van der Waals surface area (Å²) in [5, 5.41) is 3.41. The van der Waals surface area contributed by atoms with Gasteiger partial charge in [-0.3, -0.25) is 0 Å². The van der Waals surface area contributed by atoms with Crippen molar-refractivity contribution in [1.82, 2.24) is 5.32 Å². The first-order valence-electron chi connectivity index (χ1n) is 5.73. The molecule has 2 rings (SSSR count). The third kappa shape index (κ3) is 3.05. The zero-order valence-electron chi connectivity index (χ0n) is 9.52. The molecule has 0 heterocycles. The van der Waals surface area contributed by atoms with E-state index in [1.54, 1.807) is 6.07 Å². The summed E-state index contributed by atoms with van der Waals surface area (Å²) in [6.07, 6.45) is 3.98. The van der Waals surface area contributed by atoms with Gasteiger partial charge in [0.15, 0.2) is 0 Å². The molecule has 0 radical (unpaired) electrons. The maximum atomic E-state index is 13.1. The van der Waals surface area contributed by atoms with Crippen molar-refractivity contribution >= 4 is 15.9 Å². The van der Waals surface area contributed by atoms with Gasteiger partial charge in [0.05, 0.1) is 0 Å². The Morgan fingerprint density at radius 1 is 1.38 bits per heavy atom. The van der Waals surface area contributed by atoms with Crippen LogP contribution in [-0.2, 0) is 6.54 Å². The highest BCUT2D eigenvalue weighted by molar-refractivity contribution is 9.10. The molecule has 3 heteroatoms. The molecule has 88 valence electrons. The molecule has 0 aliphatic heterocycles. The predicted molar refractivity (Wildman–Crippen MR) is 67.8 cm³/mol. The van der Waals surface area contributed by atoms with E-state index in [0.29, 0.717) is 5.41 Å². The zero-order chi connectivity index (χ0) is 11.6. The Labute approximate surface area is 105 Å². The molecule has 0 aromatic heterocycles. The SMILES string of the molecule is CC1(CNCc2cc(F)cc(Br)c2)CCC1. The second-order valence-electron chi connectivity index (χ2n) is 5.05. The lowest BCUT2D eigenvalue weighted by molar-refractivity contribution is 0.156.